The second kappa shape index (κ2) is 21.9. The van der Waals surface area contributed by atoms with E-state index in [2.05, 4.69) is 49.5 Å². The summed E-state index contributed by atoms with van der Waals surface area (Å²) in [6.07, 6.45) is 14.6. The predicted octanol–water partition coefficient (Wildman–Crippen LogP) is 6.22. The van der Waals surface area contributed by atoms with E-state index < -0.39 is 5.91 Å². The molecule has 0 saturated carbocycles. The van der Waals surface area contributed by atoms with Gasteiger partial charge in [-0.2, -0.15) is 0 Å². The third-order valence-corrected chi connectivity index (χ3v) is 11.3. The lowest BCUT2D eigenvalue weighted by molar-refractivity contribution is -0.933. The number of pyridine rings is 2. The third-order valence-electron chi connectivity index (χ3n) is 11.0. The number of nitrogens with zero attached hydrogens (tertiary/aromatic N) is 5. The molecular formula is C46H54ClN8O5+. The van der Waals surface area contributed by atoms with Crippen LogP contribution >= 0.6 is 11.6 Å². The van der Waals surface area contributed by atoms with Crippen molar-refractivity contribution in [3.63, 3.8) is 0 Å². The number of nitrogens with two attached hydrogens (primary N) is 2. The SMILES string of the molecule is Nc1nc(N)c(C(=O)N[C@H]2CCC[N+](CCCc3ccc(OCC(=O)CCc4ccncc4)cc3)(CCCc3ccc(OCC(=O)CCc4ccncc4)cc3)C2)nc1Cl. The molecule has 1 fully saturated rings. The monoisotopic (exact) mass is 833 g/mol. The number of rotatable bonds is 22. The van der Waals surface area contributed by atoms with E-state index in [1.165, 1.54) is 11.1 Å². The fraction of sp³-hybridized carbons (Fsp3) is 0.370. The average Bonchev–Trinajstić information content (AvgIpc) is 3.26. The molecular weight excluding hydrogens is 780 g/mol. The quantitative estimate of drug-likeness (QED) is 0.0673. The third kappa shape index (κ3) is 13.6. The van der Waals surface area contributed by atoms with Crippen LogP contribution in [0.2, 0.25) is 5.15 Å². The van der Waals surface area contributed by atoms with Crippen molar-refractivity contribution in [2.75, 3.05) is 50.9 Å². The first-order valence-electron chi connectivity index (χ1n) is 20.6. The van der Waals surface area contributed by atoms with Gasteiger partial charge in [-0.25, -0.2) is 9.97 Å². The maximum atomic E-state index is 13.4. The molecule has 0 spiro atoms. The predicted molar refractivity (Wildman–Crippen MR) is 232 cm³/mol. The number of benzene rings is 2. The Balaban J connectivity index is 1.01. The van der Waals surface area contributed by atoms with E-state index in [0.29, 0.717) is 37.2 Å². The number of likely N-dealkylation sites (tertiary alicyclic amines) is 1. The van der Waals surface area contributed by atoms with Crippen molar-refractivity contribution in [3.8, 4) is 11.5 Å². The maximum Gasteiger partial charge on any atom is 0.274 e. The number of carbonyl (C=O) groups excluding carboxylic acids is 3. The maximum absolute atomic E-state index is 13.4. The number of nitrogens with one attached hydrogen (secondary N) is 1. The molecule has 0 bridgehead atoms. The Morgan fingerprint density at radius 3 is 1.65 bits per heavy atom. The summed E-state index contributed by atoms with van der Waals surface area (Å²) in [6, 6.07) is 23.6. The fourth-order valence-electron chi connectivity index (χ4n) is 7.70. The minimum Gasteiger partial charge on any atom is -0.486 e. The van der Waals surface area contributed by atoms with Crippen molar-refractivity contribution in [3.05, 3.63) is 131 Å². The van der Waals surface area contributed by atoms with Gasteiger partial charge in [0.05, 0.1) is 32.2 Å². The number of quaternary nitrogens is 1. The number of ketones is 2. The molecule has 0 radical (unpaired) electrons. The summed E-state index contributed by atoms with van der Waals surface area (Å²) >= 11 is 6.09. The molecule has 1 atom stereocenters. The van der Waals surface area contributed by atoms with E-state index in [9.17, 15) is 14.4 Å². The Hall–Kier alpha value is -5.92. The zero-order valence-corrected chi connectivity index (χ0v) is 34.7. The van der Waals surface area contributed by atoms with Crippen LogP contribution in [-0.2, 0) is 35.3 Å². The number of aryl methyl sites for hydroxylation is 4. The van der Waals surface area contributed by atoms with Gasteiger partial charge in [-0.1, -0.05) is 35.9 Å². The highest BCUT2D eigenvalue weighted by Gasteiger charge is 2.35. The summed E-state index contributed by atoms with van der Waals surface area (Å²) in [5, 5.41) is 3.10. The Labute approximate surface area is 356 Å². The number of carbonyl (C=O) groups is 3. The highest BCUT2D eigenvalue weighted by molar-refractivity contribution is 6.31. The van der Waals surface area contributed by atoms with E-state index in [0.717, 1.165) is 80.3 Å². The van der Waals surface area contributed by atoms with Gasteiger partial charge in [0.2, 0.25) is 0 Å². The normalized spacial score (nSPS) is 14.6. The summed E-state index contributed by atoms with van der Waals surface area (Å²) < 4.78 is 12.5. The lowest BCUT2D eigenvalue weighted by atomic mass is 9.99. The van der Waals surface area contributed by atoms with Crippen molar-refractivity contribution < 1.29 is 28.3 Å². The Bertz CT molecular complexity index is 2050. The van der Waals surface area contributed by atoms with Crippen LogP contribution in [0.5, 0.6) is 11.5 Å². The molecule has 60 heavy (non-hydrogen) atoms. The van der Waals surface area contributed by atoms with E-state index in [-0.39, 0.29) is 53.3 Å². The van der Waals surface area contributed by atoms with E-state index in [4.69, 9.17) is 32.5 Å². The molecule has 1 aliphatic rings. The summed E-state index contributed by atoms with van der Waals surface area (Å²) in [7, 11) is 0. The van der Waals surface area contributed by atoms with Crippen molar-refractivity contribution >= 4 is 40.7 Å². The molecule has 1 aliphatic heterocycles. The number of amides is 1. The van der Waals surface area contributed by atoms with Gasteiger partial charge in [0.25, 0.3) is 5.91 Å². The van der Waals surface area contributed by atoms with Gasteiger partial charge < -0.3 is 30.7 Å². The first kappa shape index (κ1) is 43.7. The molecule has 314 valence electrons. The highest BCUT2D eigenvalue weighted by Crippen LogP contribution is 2.25. The van der Waals surface area contributed by atoms with E-state index in [1.807, 2.05) is 48.5 Å². The van der Waals surface area contributed by atoms with Crippen LogP contribution in [-0.4, -0.2) is 87.3 Å². The smallest absolute Gasteiger partial charge is 0.274 e. The zero-order chi connectivity index (χ0) is 42.2. The molecule has 1 saturated heterocycles. The molecule has 13 nitrogen and oxygen atoms in total. The highest BCUT2D eigenvalue weighted by atomic mass is 35.5. The second-order valence-electron chi connectivity index (χ2n) is 15.5. The van der Waals surface area contributed by atoms with Crippen LogP contribution in [0, 0.1) is 0 Å². The first-order chi connectivity index (χ1) is 29.1. The lowest BCUT2D eigenvalue weighted by Gasteiger charge is -2.45. The van der Waals surface area contributed by atoms with Crippen LogP contribution in [0.3, 0.4) is 0 Å². The molecule has 4 heterocycles. The lowest BCUT2D eigenvalue weighted by Crippen LogP contribution is -2.60. The van der Waals surface area contributed by atoms with Crippen molar-refractivity contribution in [1.29, 1.82) is 0 Å². The standard InChI is InChI=1S/C46H53ClN8O5/c47-43-45(49)54-44(48)42(53-43)46(58)52-37-6-3-29-55(30-37,27-1-4-33-9-15-40(16-10-33)59-31-38(56)13-7-35-19-23-50-24-20-35)28-2-5-34-11-17-41(18-12-34)60-32-39(57)14-8-36-21-25-51-26-22-36/h9-12,15-26,37H,1-8,13-14,27-32H2,(H4-,48,49,52,54,58)/p+1/t37-/m0/s1. The molecule has 1 amide bonds. The van der Waals surface area contributed by atoms with Crippen molar-refractivity contribution in [1.82, 2.24) is 25.3 Å². The second-order valence-corrected chi connectivity index (χ2v) is 15.9. The van der Waals surface area contributed by atoms with Gasteiger partial charge in [-0.05, 0) is 109 Å². The van der Waals surface area contributed by atoms with Crippen molar-refractivity contribution in [2.45, 2.75) is 70.3 Å². The molecule has 2 aromatic carbocycles. The van der Waals surface area contributed by atoms with Gasteiger partial charge in [0.1, 0.15) is 24.7 Å². The summed E-state index contributed by atoms with van der Waals surface area (Å²) in [5.74, 6) is 0.963. The van der Waals surface area contributed by atoms with Gasteiger partial charge in [0, 0.05) is 50.5 Å². The first-order valence-corrected chi connectivity index (χ1v) is 21.0. The zero-order valence-electron chi connectivity index (χ0n) is 33.9. The van der Waals surface area contributed by atoms with Crippen molar-refractivity contribution in [2.24, 2.45) is 0 Å². The molecule has 6 rings (SSSR count). The summed E-state index contributed by atoms with van der Waals surface area (Å²) in [4.78, 5) is 54.4. The Kier molecular flexibility index (Phi) is 15.9. The summed E-state index contributed by atoms with van der Waals surface area (Å²) in [6.45, 7) is 3.74. The van der Waals surface area contributed by atoms with Gasteiger partial charge in [-0.15, -0.1) is 0 Å². The van der Waals surface area contributed by atoms with Crippen LogP contribution in [0.4, 0.5) is 11.6 Å². The minimum absolute atomic E-state index is 0.0193. The number of hydrogen-bond acceptors (Lipinski definition) is 11. The van der Waals surface area contributed by atoms with Crippen LogP contribution in [0.1, 0.15) is 71.3 Å². The minimum atomic E-state index is -0.414. The molecule has 5 N–H and O–H groups in total. The number of halogens is 1. The number of hydrogen-bond donors (Lipinski definition) is 3. The molecule has 0 unspecified atom stereocenters. The Morgan fingerprint density at radius 2 is 1.15 bits per heavy atom. The summed E-state index contributed by atoms with van der Waals surface area (Å²) in [5.41, 5.74) is 16.3. The number of nitrogen functional groups attached to an aromatic ring is 2. The van der Waals surface area contributed by atoms with Gasteiger partial charge in [-0.3, -0.25) is 24.4 Å². The molecule has 14 heteroatoms. The number of ether oxygens (including phenoxy) is 2. The fourth-order valence-corrected chi connectivity index (χ4v) is 7.83. The molecule has 3 aromatic heterocycles. The van der Waals surface area contributed by atoms with Gasteiger partial charge >= 0.3 is 0 Å². The van der Waals surface area contributed by atoms with E-state index >= 15 is 0 Å². The number of aromatic nitrogens is 4. The van der Waals surface area contributed by atoms with Crippen LogP contribution in [0.25, 0.3) is 0 Å². The average molecular weight is 834 g/mol. The largest absolute Gasteiger partial charge is 0.486 e. The number of Topliss-reactive ketones (excluding diaryl/α,β-unsaturated/α-hetero) is 2. The topological polar surface area (TPSA) is 185 Å². The molecule has 0 aliphatic carbocycles. The van der Waals surface area contributed by atoms with Crippen LogP contribution in [0.15, 0.2) is 97.6 Å². The number of piperidine rings is 1. The Morgan fingerprint density at radius 1 is 0.667 bits per heavy atom. The number of anilines is 2. The molecule has 5 aromatic rings. The van der Waals surface area contributed by atoms with Crippen LogP contribution < -0.4 is 26.3 Å². The van der Waals surface area contributed by atoms with Gasteiger partial charge in [0.15, 0.2) is 34.0 Å². The van der Waals surface area contributed by atoms with E-state index in [1.54, 1.807) is 24.8 Å².